The van der Waals surface area contributed by atoms with Crippen molar-refractivity contribution in [1.82, 2.24) is 19.7 Å². The van der Waals surface area contributed by atoms with Crippen molar-refractivity contribution < 1.29 is 9.59 Å². The molecule has 1 fully saturated rings. The molecule has 0 bridgehead atoms. The second-order valence-corrected chi connectivity index (χ2v) is 9.47. The summed E-state index contributed by atoms with van der Waals surface area (Å²) in [6, 6.07) is 13.5. The van der Waals surface area contributed by atoms with E-state index in [1.165, 1.54) is 11.8 Å². The van der Waals surface area contributed by atoms with Crippen molar-refractivity contribution in [2.24, 2.45) is 7.05 Å². The Kier molecular flexibility index (Phi) is 6.83. The average Bonchev–Trinajstić information content (AvgIpc) is 3.41. The van der Waals surface area contributed by atoms with Gasteiger partial charge in [-0.25, -0.2) is 0 Å². The van der Waals surface area contributed by atoms with E-state index in [-0.39, 0.29) is 23.6 Å². The molecule has 0 saturated carbocycles. The summed E-state index contributed by atoms with van der Waals surface area (Å²) in [5.74, 6) is 0.924. The smallest absolute Gasteiger partial charge is 0.254 e. The summed E-state index contributed by atoms with van der Waals surface area (Å²) in [6.45, 7) is 6.65. The van der Waals surface area contributed by atoms with Crippen molar-refractivity contribution >= 4 is 29.3 Å². The molecule has 0 spiro atoms. The van der Waals surface area contributed by atoms with E-state index in [9.17, 15) is 9.59 Å². The van der Waals surface area contributed by atoms with Gasteiger partial charge in [0, 0.05) is 24.8 Å². The van der Waals surface area contributed by atoms with Crippen LogP contribution in [0.5, 0.6) is 0 Å². The molecule has 7 nitrogen and oxygen atoms in total. The number of hydrogen-bond donors (Lipinski definition) is 1. The number of amides is 2. The molecule has 8 heteroatoms. The van der Waals surface area contributed by atoms with E-state index in [1.54, 1.807) is 0 Å². The summed E-state index contributed by atoms with van der Waals surface area (Å²) in [5.41, 5.74) is 4.69. The Balaban J connectivity index is 1.44. The van der Waals surface area contributed by atoms with E-state index in [0.29, 0.717) is 17.3 Å². The number of carbonyl (C=O) groups is 2. The number of aryl methyl sites for hydroxylation is 3. The molecule has 0 aliphatic carbocycles. The lowest BCUT2D eigenvalue weighted by atomic mass is 10.1. The van der Waals surface area contributed by atoms with Gasteiger partial charge in [0.1, 0.15) is 0 Å². The Morgan fingerprint density at radius 3 is 2.55 bits per heavy atom. The molecular formula is C25H29N5O2S. The standard InChI is InChI=1S/C25H29N5O2S/c1-16-8-5-11-19(14-16)24(32)30-13-7-12-20(30)23-27-28-25(29(23)4)33-15-21(31)26-22-17(2)9-6-10-18(22)3/h5-6,8-11,14,20H,7,12-13,15H2,1-4H3,(H,26,31). The Hall–Kier alpha value is -3.13. The minimum atomic E-state index is -0.117. The zero-order chi connectivity index (χ0) is 23.5. The molecule has 33 heavy (non-hydrogen) atoms. The second kappa shape index (κ2) is 9.79. The Morgan fingerprint density at radius 1 is 1.09 bits per heavy atom. The van der Waals surface area contributed by atoms with Crippen LogP contribution in [-0.4, -0.2) is 43.8 Å². The third-order valence-corrected chi connectivity index (χ3v) is 7.04. The van der Waals surface area contributed by atoms with Gasteiger partial charge < -0.3 is 14.8 Å². The number of likely N-dealkylation sites (tertiary alicyclic amines) is 1. The van der Waals surface area contributed by atoms with Crippen molar-refractivity contribution in [1.29, 1.82) is 0 Å². The summed E-state index contributed by atoms with van der Waals surface area (Å²) < 4.78 is 1.91. The number of rotatable bonds is 6. The highest BCUT2D eigenvalue weighted by Gasteiger charge is 2.34. The van der Waals surface area contributed by atoms with Crippen LogP contribution in [0.2, 0.25) is 0 Å². The number of anilines is 1. The maximum atomic E-state index is 13.2. The molecule has 1 unspecified atom stereocenters. The third-order valence-electron chi connectivity index (χ3n) is 6.02. The van der Waals surface area contributed by atoms with Gasteiger partial charge in [-0.1, -0.05) is 47.7 Å². The van der Waals surface area contributed by atoms with Crippen LogP contribution < -0.4 is 5.32 Å². The number of benzene rings is 2. The maximum absolute atomic E-state index is 13.2. The number of hydrogen-bond acceptors (Lipinski definition) is 5. The molecular weight excluding hydrogens is 434 g/mol. The van der Waals surface area contributed by atoms with Crippen molar-refractivity contribution in [2.45, 2.75) is 44.8 Å². The van der Waals surface area contributed by atoms with E-state index in [2.05, 4.69) is 15.5 Å². The molecule has 1 aromatic heterocycles. The quantitative estimate of drug-likeness (QED) is 0.547. The van der Waals surface area contributed by atoms with E-state index in [4.69, 9.17) is 0 Å². The summed E-state index contributed by atoms with van der Waals surface area (Å²) in [4.78, 5) is 27.6. The number of aromatic nitrogens is 3. The number of para-hydroxylation sites is 1. The Morgan fingerprint density at radius 2 is 1.82 bits per heavy atom. The molecule has 1 saturated heterocycles. The summed E-state index contributed by atoms with van der Waals surface area (Å²) in [5, 5.41) is 12.4. The van der Waals surface area contributed by atoms with Gasteiger partial charge in [-0.15, -0.1) is 10.2 Å². The van der Waals surface area contributed by atoms with Gasteiger partial charge >= 0.3 is 0 Å². The normalized spacial score (nSPS) is 15.6. The number of nitrogens with one attached hydrogen (secondary N) is 1. The topological polar surface area (TPSA) is 80.1 Å². The highest BCUT2D eigenvalue weighted by Crippen LogP contribution is 2.33. The summed E-state index contributed by atoms with van der Waals surface area (Å²) in [7, 11) is 1.90. The van der Waals surface area contributed by atoms with Gasteiger partial charge in [0.05, 0.1) is 11.8 Å². The van der Waals surface area contributed by atoms with E-state index >= 15 is 0 Å². The fourth-order valence-corrected chi connectivity index (χ4v) is 5.00. The first-order valence-electron chi connectivity index (χ1n) is 11.1. The fraction of sp³-hybridized carbons (Fsp3) is 0.360. The van der Waals surface area contributed by atoms with Crippen molar-refractivity contribution in [2.75, 3.05) is 17.6 Å². The van der Waals surface area contributed by atoms with Crippen LogP contribution in [0.3, 0.4) is 0 Å². The van der Waals surface area contributed by atoms with Crippen molar-refractivity contribution in [3.05, 3.63) is 70.5 Å². The van der Waals surface area contributed by atoms with Crippen LogP contribution in [0.25, 0.3) is 0 Å². The molecule has 3 aromatic rings. The first-order chi connectivity index (χ1) is 15.8. The van der Waals surface area contributed by atoms with Crippen LogP contribution in [-0.2, 0) is 11.8 Å². The second-order valence-electron chi connectivity index (χ2n) is 8.53. The van der Waals surface area contributed by atoms with Gasteiger partial charge in [-0.05, 0) is 56.9 Å². The lowest BCUT2D eigenvalue weighted by Crippen LogP contribution is -2.32. The molecule has 1 aliphatic rings. The van der Waals surface area contributed by atoms with Gasteiger partial charge in [-0.3, -0.25) is 9.59 Å². The van der Waals surface area contributed by atoms with Crippen LogP contribution in [0, 0.1) is 20.8 Å². The number of carbonyl (C=O) groups excluding carboxylic acids is 2. The molecule has 2 heterocycles. The molecule has 1 aliphatic heterocycles. The third kappa shape index (κ3) is 4.95. The molecule has 1 N–H and O–H groups in total. The van der Waals surface area contributed by atoms with E-state index in [1.807, 2.05) is 79.8 Å². The van der Waals surface area contributed by atoms with Crippen molar-refractivity contribution in [3.8, 4) is 0 Å². The predicted molar refractivity (Wildman–Crippen MR) is 130 cm³/mol. The monoisotopic (exact) mass is 463 g/mol. The fourth-order valence-electron chi connectivity index (χ4n) is 4.28. The molecule has 2 aromatic carbocycles. The lowest BCUT2D eigenvalue weighted by molar-refractivity contribution is -0.113. The lowest BCUT2D eigenvalue weighted by Gasteiger charge is -2.24. The van der Waals surface area contributed by atoms with Crippen LogP contribution in [0.15, 0.2) is 47.6 Å². The highest BCUT2D eigenvalue weighted by molar-refractivity contribution is 7.99. The SMILES string of the molecule is Cc1cccc(C(=O)N2CCCC2c2nnc(SCC(=O)Nc3c(C)cccc3C)n2C)c1. The first-order valence-corrected chi connectivity index (χ1v) is 12.1. The summed E-state index contributed by atoms with van der Waals surface area (Å²) in [6.07, 6.45) is 1.77. The zero-order valence-electron chi connectivity index (χ0n) is 19.5. The maximum Gasteiger partial charge on any atom is 0.254 e. The van der Waals surface area contributed by atoms with Crippen LogP contribution >= 0.6 is 11.8 Å². The number of nitrogens with zero attached hydrogens (tertiary/aromatic N) is 4. The number of thioether (sulfide) groups is 1. The van der Waals surface area contributed by atoms with Crippen LogP contribution in [0.4, 0.5) is 5.69 Å². The molecule has 172 valence electrons. The summed E-state index contributed by atoms with van der Waals surface area (Å²) >= 11 is 1.35. The van der Waals surface area contributed by atoms with Gasteiger partial charge in [0.2, 0.25) is 5.91 Å². The molecule has 2 amide bonds. The first kappa shape index (κ1) is 23.0. The minimum absolute atomic E-state index is 0.0198. The Labute approximate surface area is 198 Å². The average molecular weight is 464 g/mol. The zero-order valence-corrected chi connectivity index (χ0v) is 20.3. The van der Waals surface area contributed by atoms with E-state index < -0.39 is 0 Å². The predicted octanol–water partition coefficient (Wildman–Crippen LogP) is 4.45. The molecule has 4 rings (SSSR count). The minimum Gasteiger partial charge on any atom is -0.328 e. The van der Waals surface area contributed by atoms with Crippen molar-refractivity contribution in [3.63, 3.8) is 0 Å². The van der Waals surface area contributed by atoms with E-state index in [0.717, 1.165) is 41.0 Å². The molecule has 0 radical (unpaired) electrons. The van der Waals surface area contributed by atoms with Gasteiger partial charge in [-0.2, -0.15) is 0 Å². The Bertz CT molecular complexity index is 1170. The van der Waals surface area contributed by atoms with Gasteiger partial charge in [0.25, 0.3) is 5.91 Å². The van der Waals surface area contributed by atoms with Crippen LogP contribution in [0.1, 0.15) is 51.8 Å². The largest absolute Gasteiger partial charge is 0.328 e. The van der Waals surface area contributed by atoms with Gasteiger partial charge in [0.15, 0.2) is 11.0 Å². The highest BCUT2D eigenvalue weighted by atomic mass is 32.2. The molecule has 1 atom stereocenters.